The number of ether oxygens (including phenoxy) is 1. The van der Waals surface area contributed by atoms with E-state index in [4.69, 9.17) is 4.74 Å². The molecule has 3 aromatic carbocycles. The Morgan fingerprint density at radius 3 is 2.56 bits per heavy atom. The van der Waals surface area contributed by atoms with Gasteiger partial charge in [0.25, 0.3) is 0 Å². The maximum absolute atomic E-state index is 12.8. The van der Waals surface area contributed by atoms with E-state index < -0.39 is 6.04 Å². The number of methoxy groups -OCH3 is 1. The van der Waals surface area contributed by atoms with E-state index in [0.29, 0.717) is 6.54 Å². The molecule has 2 N–H and O–H groups in total. The zero-order valence-electron chi connectivity index (χ0n) is 19.5. The van der Waals surface area contributed by atoms with Gasteiger partial charge in [0, 0.05) is 30.5 Å². The third-order valence-corrected chi connectivity index (χ3v) is 5.91. The van der Waals surface area contributed by atoms with E-state index in [1.165, 1.54) is 17.3 Å². The SMILES string of the molecule is COc1ccc(C=CC(=O)NC(C)C(=O)Nc2ccccc2CN2CCc3ccccc32)cc1. The maximum Gasteiger partial charge on any atom is 0.246 e. The van der Waals surface area contributed by atoms with Crippen LogP contribution in [-0.4, -0.2) is 31.5 Å². The smallest absolute Gasteiger partial charge is 0.246 e. The predicted molar refractivity (Wildman–Crippen MR) is 136 cm³/mol. The van der Waals surface area contributed by atoms with Crippen LogP contribution in [-0.2, 0) is 22.6 Å². The Morgan fingerprint density at radius 1 is 1.03 bits per heavy atom. The van der Waals surface area contributed by atoms with Crippen LogP contribution in [0, 0.1) is 0 Å². The standard InChI is InChI=1S/C28H29N3O3/c1-20(29-27(32)16-13-21-11-14-24(34-2)15-12-21)28(33)30-25-9-5-3-8-23(25)19-31-18-17-22-7-4-6-10-26(22)31/h3-16,20H,17-19H2,1-2H3,(H,29,32)(H,30,33). The molecule has 0 saturated heterocycles. The first-order chi connectivity index (χ1) is 16.5. The summed E-state index contributed by atoms with van der Waals surface area (Å²) in [7, 11) is 1.61. The zero-order valence-corrected chi connectivity index (χ0v) is 19.5. The highest BCUT2D eigenvalue weighted by molar-refractivity contribution is 6.00. The Bertz CT molecular complexity index is 1190. The van der Waals surface area contributed by atoms with E-state index >= 15 is 0 Å². The second kappa shape index (κ2) is 10.7. The molecule has 1 aliphatic rings. The molecule has 0 radical (unpaired) electrons. The number of para-hydroxylation sites is 2. The monoisotopic (exact) mass is 455 g/mol. The van der Waals surface area contributed by atoms with Crippen LogP contribution in [0.3, 0.4) is 0 Å². The van der Waals surface area contributed by atoms with Crippen molar-refractivity contribution in [1.29, 1.82) is 0 Å². The minimum Gasteiger partial charge on any atom is -0.497 e. The van der Waals surface area contributed by atoms with E-state index in [9.17, 15) is 9.59 Å². The number of hydrogen-bond acceptors (Lipinski definition) is 4. The van der Waals surface area contributed by atoms with Crippen molar-refractivity contribution in [1.82, 2.24) is 5.32 Å². The number of benzene rings is 3. The molecular formula is C28H29N3O3. The lowest BCUT2D eigenvalue weighted by molar-refractivity contribution is -0.123. The lowest BCUT2D eigenvalue weighted by Gasteiger charge is -2.22. The van der Waals surface area contributed by atoms with Gasteiger partial charge in [-0.15, -0.1) is 0 Å². The molecule has 6 heteroatoms. The van der Waals surface area contributed by atoms with Gasteiger partial charge in [-0.1, -0.05) is 48.5 Å². The minimum atomic E-state index is -0.686. The van der Waals surface area contributed by atoms with Gasteiger partial charge in [0.15, 0.2) is 0 Å². The summed E-state index contributed by atoms with van der Waals surface area (Å²) in [6.07, 6.45) is 4.14. The van der Waals surface area contributed by atoms with Gasteiger partial charge in [0.1, 0.15) is 11.8 Å². The Kier molecular flexibility index (Phi) is 7.28. The number of amides is 2. The van der Waals surface area contributed by atoms with Crippen molar-refractivity contribution in [3.8, 4) is 5.75 Å². The summed E-state index contributed by atoms with van der Waals surface area (Å²) in [5.41, 5.74) is 5.25. The lowest BCUT2D eigenvalue weighted by atomic mass is 10.1. The fourth-order valence-electron chi connectivity index (χ4n) is 4.01. The summed E-state index contributed by atoms with van der Waals surface area (Å²) in [6.45, 7) is 3.33. The Labute approximate surface area is 200 Å². The third-order valence-electron chi connectivity index (χ3n) is 5.91. The average molecular weight is 456 g/mol. The lowest BCUT2D eigenvalue weighted by Crippen LogP contribution is -2.41. The van der Waals surface area contributed by atoms with Gasteiger partial charge in [0.05, 0.1) is 7.11 Å². The van der Waals surface area contributed by atoms with Gasteiger partial charge >= 0.3 is 0 Å². The molecule has 3 aromatic rings. The van der Waals surface area contributed by atoms with Crippen molar-refractivity contribution in [2.24, 2.45) is 0 Å². The molecule has 0 bridgehead atoms. The van der Waals surface area contributed by atoms with Crippen LogP contribution in [0.15, 0.2) is 78.9 Å². The van der Waals surface area contributed by atoms with Gasteiger partial charge in [-0.3, -0.25) is 9.59 Å². The van der Waals surface area contributed by atoms with Crippen LogP contribution in [0.2, 0.25) is 0 Å². The number of carbonyl (C=O) groups is 2. The van der Waals surface area contributed by atoms with Crippen LogP contribution < -0.4 is 20.3 Å². The van der Waals surface area contributed by atoms with Crippen molar-refractivity contribution >= 4 is 29.3 Å². The molecule has 34 heavy (non-hydrogen) atoms. The minimum absolute atomic E-state index is 0.263. The second-order valence-electron chi connectivity index (χ2n) is 8.28. The first kappa shape index (κ1) is 23.1. The van der Waals surface area contributed by atoms with Crippen molar-refractivity contribution in [3.05, 3.63) is 95.6 Å². The van der Waals surface area contributed by atoms with E-state index in [1.807, 2.05) is 48.5 Å². The predicted octanol–water partition coefficient (Wildman–Crippen LogP) is 4.41. The first-order valence-corrected chi connectivity index (χ1v) is 11.4. The molecule has 174 valence electrons. The molecule has 1 heterocycles. The highest BCUT2D eigenvalue weighted by Crippen LogP contribution is 2.30. The molecule has 0 spiro atoms. The number of anilines is 2. The molecular weight excluding hydrogens is 426 g/mol. The van der Waals surface area contributed by atoms with Crippen molar-refractivity contribution in [3.63, 3.8) is 0 Å². The summed E-state index contributed by atoms with van der Waals surface area (Å²) >= 11 is 0. The zero-order chi connectivity index (χ0) is 23.9. The third kappa shape index (κ3) is 5.64. The van der Waals surface area contributed by atoms with Crippen molar-refractivity contribution in [2.45, 2.75) is 25.9 Å². The summed E-state index contributed by atoms with van der Waals surface area (Å²) in [5.74, 6) is 0.155. The van der Waals surface area contributed by atoms with Crippen molar-refractivity contribution in [2.75, 3.05) is 23.9 Å². The molecule has 1 atom stereocenters. The molecule has 4 rings (SSSR count). The van der Waals surface area contributed by atoms with Gasteiger partial charge in [-0.25, -0.2) is 0 Å². The number of nitrogens with zero attached hydrogens (tertiary/aromatic N) is 1. The van der Waals surface area contributed by atoms with E-state index in [2.05, 4.69) is 39.8 Å². The molecule has 2 amide bonds. The number of carbonyl (C=O) groups excluding carboxylic acids is 2. The van der Waals surface area contributed by atoms with E-state index in [1.54, 1.807) is 20.1 Å². The molecule has 1 aliphatic heterocycles. The Hall–Kier alpha value is -4.06. The summed E-state index contributed by atoms with van der Waals surface area (Å²) in [4.78, 5) is 27.4. The number of hydrogen-bond donors (Lipinski definition) is 2. The largest absolute Gasteiger partial charge is 0.497 e. The highest BCUT2D eigenvalue weighted by Gasteiger charge is 2.20. The highest BCUT2D eigenvalue weighted by atomic mass is 16.5. The Balaban J connectivity index is 1.35. The van der Waals surface area contributed by atoms with Crippen LogP contribution in [0.4, 0.5) is 11.4 Å². The van der Waals surface area contributed by atoms with Gasteiger partial charge < -0.3 is 20.3 Å². The normalized spacial score (nSPS) is 13.4. The molecule has 0 saturated carbocycles. The van der Waals surface area contributed by atoms with Gasteiger partial charge in [-0.05, 0) is 60.4 Å². The topological polar surface area (TPSA) is 70.7 Å². The van der Waals surface area contributed by atoms with Crippen LogP contribution in [0.5, 0.6) is 5.75 Å². The second-order valence-corrected chi connectivity index (χ2v) is 8.28. The first-order valence-electron chi connectivity index (χ1n) is 11.4. The van der Waals surface area contributed by atoms with Crippen LogP contribution >= 0.6 is 0 Å². The fourth-order valence-corrected chi connectivity index (χ4v) is 4.01. The van der Waals surface area contributed by atoms with E-state index in [-0.39, 0.29) is 11.8 Å². The van der Waals surface area contributed by atoms with Crippen LogP contribution in [0.25, 0.3) is 6.08 Å². The van der Waals surface area contributed by atoms with Crippen LogP contribution in [0.1, 0.15) is 23.6 Å². The molecule has 6 nitrogen and oxygen atoms in total. The molecule has 0 fully saturated rings. The van der Waals surface area contributed by atoms with Gasteiger partial charge in [0.2, 0.25) is 11.8 Å². The maximum atomic E-state index is 12.8. The summed E-state index contributed by atoms with van der Waals surface area (Å²) < 4.78 is 5.13. The number of nitrogens with one attached hydrogen (secondary N) is 2. The quantitative estimate of drug-likeness (QED) is 0.494. The summed E-state index contributed by atoms with van der Waals surface area (Å²) in [6, 6.07) is 22.9. The number of rotatable bonds is 8. The van der Waals surface area contributed by atoms with Gasteiger partial charge in [-0.2, -0.15) is 0 Å². The number of fused-ring (bicyclic) bond motifs is 1. The Morgan fingerprint density at radius 2 is 1.76 bits per heavy atom. The van der Waals surface area contributed by atoms with Crippen molar-refractivity contribution < 1.29 is 14.3 Å². The van der Waals surface area contributed by atoms with E-state index in [0.717, 1.165) is 35.5 Å². The average Bonchev–Trinajstić information content (AvgIpc) is 3.27. The molecule has 0 aliphatic carbocycles. The summed E-state index contributed by atoms with van der Waals surface area (Å²) in [5, 5.41) is 5.71. The molecule has 1 unspecified atom stereocenters. The molecule has 0 aromatic heterocycles. The fraction of sp³-hybridized carbons (Fsp3) is 0.214.